The number of sulfonamides is 1. The number of rotatable bonds is 24. The van der Waals surface area contributed by atoms with E-state index >= 15 is 0 Å². The van der Waals surface area contributed by atoms with Crippen molar-refractivity contribution in [2.45, 2.75) is 24.5 Å². The number of nitrogens with one attached hydrogen (secondary N) is 3. The van der Waals surface area contributed by atoms with Gasteiger partial charge in [0, 0.05) is 17.8 Å². The fraction of sp³-hybridized carbons (Fsp3) is 0.0476. The molecule has 0 heterocycles. The van der Waals surface area contributed by atoms with E-state index in [0.29, 0.717) is 6.07 Å². The van der Waals surface area contributed by atoms with Crippen molar-refractivity contribution in [1.29, 1.82) is 0 Å². The molecule has 424 valence electrons. The van der Waals surface area contributed by atoms with Crippen molar-refractivity contribution >= 4 is 126 Å². The highest BCUT2D eigenvalue weighted by Crippen LogP contribution is 2.50. The highest BCUT2D eigenvalue weighted by atomic mass is 32.2. The van der Waals surface area contributed by atoms with Crippen molar-refractivity contribution in [3.63, 3.8) is 0 Å². The third kappa shape index (κ3) is 15.0. The van der Waals surface area contributed by atoms with Gasteiger partial charge in [-0.3, -0.25) is 48.6 Å². The quantitative estimate of drug-likeness (QED) is 0.00503. The van der Waals surface area contributed by atoms with Crippen LogP contribution in [-0.2, 0) is 63.0 Å². The van der Waals surface area contributed by atoms with Crippen LogP contribution in [-0.4, -0.2) is 75.7 Å². The maximum Gasteiger partial charge on any atom is 0.296 e. The van der Waals surface area contributed by atoms with Gasteiger partial charge in [-0.2, -0.15) is 32.2 Å². The number of nitro groups is 1. The molecule has 0 bridgehead atoms. The minimum atomic E-state index is -5.28. The normalized spacial score (nSPS) is 12.9. The van der Waals surface area contributed by atoms with Crippen molar-refractivity contribution in [3.05, 3.63) is 157 Å². The van der Waals surface area contributed by atoms with E-state index in [1.807, 2.05) is 0 Å². The molecule has 0 aliphatic rings. The Morgan fingerprint density at radius 2 is 1.27 bits per heavy atom. The molecule has 0 saturated heterocycles. The SMILES string of the molecule is Nc1c(N=Nc2ccc(S(=O)(=O)Nc3ccc(N/N=c4/ccc(=O)/c(=N\Nc5ccc([N+](=O)[O-])cc5)c4=O)cc3)cc2)c(S(=O)(=O)O)cc2cc(SOOO)c(N=Nc3ccc(S(=O)(=O)CCOSOOO)cc3S(=O)(=O)O)c(O)c12. The van der Waals surface area contributed by atoms with Crippen LogP contribution in [0.3, 0.4) is 0 Å². The van der Waals surface area contributed by atoms with Crippen LogP contribution in [0.15, 0.2) is 180 Å². The summed E-state index contributed by atoms with van der Waals surface area (Å²) in [6.07, 6.45) is 0. The van der Waals surface area contributed by atoms with Crippen molar-refractivity contribution in [3.8, 4) is 5.75 Å². The summed E-state index contributed by atoms with van der Waals surface area (Å²) < 4.78 is 139. The maximum atomic E-state index is 13.4. The summed E-state index contributed by atoms with van der Waals surface area (Å²) in [6.45, 7) is -0.564. The first-order valence-corrected chi connectivity index (χ1v) is 28.8. The summed E-state index contributed by atoms with van der Waals surface area (Å²) in [5, 5.41) is 68.2. The number of nitro benzene ring substituents is 1. The second-order valence-electron chi connectivity index (χ2n) is 15.6. The summed E-state index contributed by atoms with van der Waals surface area (Å²) in [6, 6.07) is 21.2. The second-order valence-corrected chi connectivity index (χ2v) is 23.4. The molecule has 0 unspecified atom stereocenters. The number of sulfone groups is 1. The molecule has 7 rings (SSSR count). The first kappa shape index (κ1) is 60.4. The van der Waals surface area contributed by atoms with Crippen LogP contribution in [0.1, 0.15) is 0 Å². The van der Waals surface area contributed by atoms with Crippen LogP contribution in [0.25, 0.3) is 10.8 Å². The summed E-state index contributed by atoms with van der Waals surface area (Å²) in [7, 11) is -19.2. The van der Waals surface area contributed by atoms with Crippen LogP contribution in [0.5, 0.6) is 5.75 Å². The van der Waals surface area contributed by atoms with Crippen molar-refractivity contribution in [2.75, 3.05) is 33.7 Å². The van der Waals surface area contributed by atoms with Crippen LogP contribution in [0, 0.1) is 10.1 Å². The number of benzene rings is 7. The first-order valence-electron chi connectivity index (χ1n) is 21.4. The molecule has 33 nitrogen and oxygen atoms in total. The molecule has 10 N–H and O–H groups in total. The molecule has 7 aromatic rings. The Kier molecular flexibility index (Phi) is 19.0. The van der Waals surface area contributed by atoms with Gasteiger partial charge in [0.2, 0.25) is 10.9 Å². The van der Waals surface area contributed by atoms with Gasteiger partial charge in [0.1, 0.15) is 32.2 Å². The smallest absolute Gasteiger partial charge is 0.296 e. The van der Waals surface area contributed by atoms with E-state index in [0.717, 1.165) is 60.7 Å². The lowest BCUT2D eigenvalue weighted by atomic mass is 10.1. The Morgan fingerprint density at radius 3 is 1.90 bits per heavy atom. The number of nitrogen functional groups attached to an aromatic ring is 1. The van der Waals surface area contributed by atoms with E-state index in [1.165, 1.54) is 48.5 Å². The van der Waals surface area contributed by atoms with Gasteiger partial charge >= 0.3 is 0 Å². The van der Waals surface area contributed by atoms with Crippen LogP contribution < -0.4 is 42.9 Å². The maximum absolute atomic E-state index is 13.4. The fourth-order valence-corrected chi connectivity index (χ4v) is 11.1. The van der Waals surface area contributed by atoms with Crippen LogP contribution >= 0.6 is 24.4 Å². The van der Waals surface area contributed by atoms with Crippen molar-refractivity contribution in [2.24, 2.45) is 30.7 Å². The van der Waals surface area contributed by atoms with Gasteiger partial charge in [0.05, 0.1) is 72.1 Å². The lowest BCUT2D eigenvalue weighted by Crippen LogP contribution is -2.47. The lowest BCUT2D eigenvalue weighted by molar-refractivity contribution is -0.434. The monoisotopic (exact) mass is 1240 g/mol. The molecule has 0 aliphatic heterocycles. The molecular weight excluding hydrogens is 1200 g/mol. The number of phenols is 1. The zero-order valence-corrected chi connectivity index (χ0v) is 44.6. The van der Waals surface area contributed by atoms with E-state index in [1.54, 1.807) is 0 Å². The molecule has 0 aromatic heterocycles. The third-order valence-corrected chi connectivity index (χ3v) is 16.2. The Hall–Kier alpha value is -8.26. The Labute approximate surface area is 461 Å². The number of non-ortho nitro benzene ring substituents is 1. The average molecular weight is 1240 g/mol. The zero-order chi connectivity index (χ0) is 58.9. The highest BCUT2D eigenvalue weighted by molar-refractivity contribution is 7.94. The van der Waals surface area contributed by atoms with Gasteiger partial charge in [-0.15, -0.1) is 24.0 Å². The molecule has 0 radical (unpaired) electrons. The summed E-state index contributed by atoms with van der Waals surface area (Å²) in [5.74, 6) is -1.74. The Balaban J connectivity index is 1.11. The van der Waals surface area contributed by atoms with Crippen LogP contribution in [0.4, 0.5) is 51.2 Å². The predicted octanol–water partition coefficient (Wildman–Crippen LogP) is 5.82. The van der Waals surface area contributed by atoms with E-state index < -0.39 is 122 Å². The van der Waals surface area contributed by atoms with Crippen molar-refractivity contribution in [1.82, 2.24) is 0 Å². The van der Waals surface area contributed by atoms with Gasteiger partial charge < -0.3 is 10.8 Å². The summed E-state index contributed by atoms with van der Waals surface area (Å²) >= 11 is 0.193. The number of anilines is 4. The number of nitrogens with two attached hydrogens (primary N) is 1. The number of aromatic hydroxyl groups is 1. The second kappa shape index (κ2) is 25.5. The fourth-order valence-electron chi connectivity index (χ4n) is 6.70. The number of phenolic OH excluding ortho intramolecular Hbond substituents is 1. The molecule has 0 aliphatic carbocycles. The summed E-state index contributed by atoms with van der Waals surface area (Å²) in [5.41, 5.74) is 7.30. The van der Waals surface area contributed by atoms with Gasteiger partial charge in [-0.05, 0) is 109 Å². The van der Waals surface area contributed by atoms with E-state index in [9.17, 15) is 67.6 Å². The minimum Gasteiger partial charge on any atom is -0.505 e. The number of hydrogen-bond donors (Lipinski definition) is 9. The molecular formula is C42H33N11O22S6. The number of fused-ring (bicyclic) bond motifs is 1. The standard InChI is InChI=1S/C42H33N11O22S6/c43-37-36-22(19-33(76-74-72-59)39(42(36)56)50-47-30-14-13-29(21-34(30)80(65,66)67)78(61,62)18-17-71-77-75-73-60)20-35(81(68,69)70)40(37)51-46-25-7-11-28(12-8-25)79(63,64)52-26-3-1-23(2-4-26)44-48-31-15-16-32(54)38(41(31)55)49-45-24-5-9-27(10-6-24)53(57)58/h1-16,19-21,44-45,52,56,59-60H,17-18,43H2,(H,65,66,67)(H,68,69,70)/b48-31-,49-38+,50-47?,51-46?. The van der Waals surface area contributed by atoms with E-state index in [-0.39, 0.29) is 73.3 Å². The molecule has 0 spiro atoms. The topological polar surface area (TPSA) is 497 Å². The number of nitrogens with zero attached hydrogens (tertiary/aromatic N) is 7. The molecule has 0 atom stereocenters. The Bertz CT molecular complexity index is 4350. The molecule has 39 heteroatoms. The van der Waals surface area contributed by atoms with Crippen molar-refractivity contribution < 1.29 is 86.2 Å². The molecule has 7 aromatic carbocycles. The largest absolute Gasteiger partial charge is 0.505 e. The highest BCUT2D eigenvalue weighted by Gasteiger charge is 2.27. The minimum absolute atomic E-state index is 0.0625. The number of hydrogen-bond acceptors (Lipinski definition) is 31. The number of azo groups is 2. The third-order valence-electron chi connectivity index (χ3n) is 10.4. The Morgan fingerprint density at radius 1 is 0.667 bits per heavy atom. The molecule has 81 heavy (non-hydrogen) atoms. The van der Waals surface area contributed by atoms with E-state index in [4.69, 9.17) is 20.4 Å². The zero-order valence-electron chi connectivity index (χ0n) is 39.7. The predicted molar refractivity (Wildman–Crippen MR) is 282 cm³/mol. The van der Waals surface area contributed by atoms with Gasteiger partial charge in [0.15, 0.2) is 33.3 Å². The summed E-state index contributed by atoms with van der Waals surface area (Å²) in [4.78, 5) is 32.3. The van der Waals surface area contributed by atoms with E-state index in [2.05, 4.69) is 65.0 Å². The average Bonchev–Trinajstić information content (AvgIpc) is 3.50. The lowest BCUT2D eigenvalue weighted by Gasteiger charge is -2.14. The van der Waals surface area contributed by atoms with Gasteiger partial charge in [-0.1, -0.05) is 10.1 Å². The molecule has 0 fully saturated rings. The molecule has 0 amide bonds. The van der Waals surface area contributed by atoms with Gasteiger partial charge in [0.25, 0.3) is 35.9 Å². The van der Waals surface area contributed by atoms with Crippen LogP contribution in [0.2, 0.25) is 0 Å². The van der Waals surface area contributed by atoms with Gasteiger partial charge in [-0.25, -0.2) is 27.4 Å². The molecule has 0 saturated carbocycles. The first-order chi connectivity index (χ1) is 38.3.